The predicted octanol–water partition coefficient (Wildman–Crippen LogP) is 0.758. The van der Waals surface area contributed by atoms with Crippen LogP contribution in [-0.2, 0) is 11.3 Å². The van der Waals surface area contributed by atoms with Gasteiger partial charge in [-0.2, -0.15) is 5.10 Å². The number of amides is 1. The van der Waals surface area contributed by atoms with Gasteiger partial charge in [-0.05, 0) is 13.8 Å². The molecule has 1 N–H and O–H groups in total. The van der Waals surface area contributed by atoms with Gasteiger partial charge in [0.05, 0.1) is 17.7 Å². The molecule has 0 atom stereocenters. The van der Waals surface area contributed by atoms with Gasteiger partial charge in [-0.3, -0.25) is 14.3 Å². The summed E-state index contributed by atoms with van der Waals surface area (Å²) in [5.74, 6) is -1.10. The van der Waals surface area contributed by atoms with E-state index >= 15 is 0 Å². The summed E-state index contributed by atoms with van der Waals surface area (Å²) in [6.45, 7) is 4.61. The average Bonchev–Trinajstić information content (AvgIpc) is 2.66. The van der Waals surface area contributed by atoms with Crippen molar-refractivity contribution in [3.63, 3.8) is 0 Å². The fraction of sp³-hybridized carbons (Fsp3) is 0.545. The number of carbonyl (C=O) groups excluding carboxylic acids is 1. The van der Waals surface area contributed by atoms with Gasteiger partial charge >= 0.3 is 5.97 Å². The van der Waals surface area contributed by atoms with Crippen molar-refractivity contribution < 1.29 is 14.7 Å². The molecule has 0 saturated carbocycles. The third kappa shape index (κ3) is 3.30. The van der Waals surface area contributed by atoms with Crippen LogP contribution in [-0.4, -0.2) is 45.3 Å². The SMILES string of the molecule is CCn1cc(C(=O)N(C)CCC(=O)O)c(C)n1. The minimum absolute atomic E-state index is 0.0524. The van der Waals surface area contributed by atoms with Gasteiger partial charge in [0.2, 0.25) is 0 Å². The molecule has 0 aliphatic carbocycles. The Bertz CT molecular complexity index is 426. The molecule has 0 aromatic carbocycles. The summed E-state index contributed by atoms with van der Waals surface area (Å²) in [4.78, 5) is 23.8. The zero-order valence-electron chi connectivity index (χ0n) is 10.3. The lowest BCUT2D eigenvalue weighted by Crippen LogP contribution is -2.29. The third-order valence-corrected chi connectivity index (χ3v) is 2.51. The number of rotatable bonds is 5. The molecule has 6 heteroatoms. The summed E-state index contributed by atoms with van der Waals surface area (Å²) in [6.07, 6.45) is 1.64. The number of nitrogens with zero attached hydrogens (tertiary/aromatic N) is 3. The maximum absolute atomic E-state index is 12.0. The molecule has 0 fully saturated rings. The highest BCUT2D eigenvalue weighted by Gasteiger charge is 2.17. The van der Waals surface area contributed by atoms with E-state index in [0.29, 0.717) is 17.8 Å². The minimum atomic E-state index is -0.911. The predicted molar refractivity (Wildman–Crippen MR) is 61.9 cm³/mol. The van der Waals surface area contributed by atoms with E-state index < -0.39 is 5.97 Å². The lowest BCUT2D eigenvalue weighted by molar-refractivity contribution is -0.137. The summed E-state index contributed by atoms with van der Waals surface area (Å²) < 4.78 is 1.69. The summed E-state index contributed by atoms with van der Waals surface area (Å²) in [5.41, 5.74) is 1.19. The molecule has 0 aliphatic rings. The number of hydrogen-bond donors (Lipinski definition) is 1. The average molecular weight is 239 g/mol. The topological polar surface area (TPSA) is 75.4 Å². The second-order valence-corrected chi connectivity index (χ2v) is 3.85. The van der Waals surface area contributed by atoms with Crippen LogP contribution in [0.15, 0.2) is 6.20 Å². The maximum Gasteiger partial charge on any atom is 0.305 e. The number of aryl methyl sites for hydroxylation is 2. The van der Waals surface area contributed by atoms with Crippen LogP contribution in [0.5, 0.6) is 0 Å². The Labute approximate surface area is 99.8 Å². The van der Waals surface area contributed by atoms with Crippen LogP contribution in [0.25, 0.3) is 0 Å². The van der Waals surface area contributed by atoms with Gasteiger partial charge in [-0.25, -0.2) is 0 Å². The zero-order valence-corrected chi connectivity index (χ0v) is 10.3. The quantitative estimate of drug-likeness (QED) is 0.823. The first-order valence-electron chi connectivity index (χ1n) is 5.47. The molecule has 0 saturated heterocycles. The Morgan fingerprint density at radius 2 is 2.18 bits per heavy atom. The molecule has 6 nitrogen and oxygen atoms in total. The molecule has 1 amide bonds. The maximum atomic E-state index is 12.0. The van der Waals surface area contributed by atoms with Crippen molar-refractivity contribution in [3.05, 3.63) is 17.5 Å². The Morgan fingerprint density at radius 1 is 1.53 bits per heavy atom. The molecule has 0 unspecified atom stereocenters. The summed E-state index contributed by atoms with van der Waals surface area (Å²) >= 11 is 0. The third-order valence-electron chi connectivity index (χ3n) is 2.51. The number of carboxylic acid groups (broad SMARTS) is 1. The number of aromatic nitrogens is 2. The zero-order chi connectivity index (χ0) is 13.0. The highest BCUT2D eigenvalue weighted by atomic mass is 16.4. The first-order valence-corrected chi connectivity index (χ1v) is 5.47. The number of aliphatic carboxylic acids is 1. The number of hydrogen-bond acceptors (Lipinski definition) is 3. The van der Waals surface area contributed by atoms with Crippen molar-refractivity contribution in [2.24, 2.45) is 0 Å². The van der Waals surface area contributed by atoms with Crippen LogP contribution >= 0.6 is 0 Å². The smallest absolute Gasteiger partial charge is 0.305 e. The molecule has 0 bridgehead atoms. The van der Waals surface area contributed by atoms with E-state index in [-0.39, 0.29) is 18.9 Å². The van der Waals surface area contributed by atoms with E-state index in [0.717, 1.165) is 0 Å². The molecule has 94 valence electrons. The molecule has 17 heavy (non-hydrogen) atoms. The number of carbonyl (C=O) groups is 2. The van der Waals surface area contributed by atoms with Crippen molar-refractivity contribution >= 4 is 11.9 Å². The van der Waals surface area contributed by atoms with E-state index in [9.17, 15) is 9.59 Å². The van der Waals surface area contributed by atoms with Crippen molar-refractivity contribution in [1.82, 2.24) is 14.7 Å². The lowest BCUT2D eigenvalue weighted by atomic mass is 10.2. The highest BCUT2D eigenvalue weighted by Crippen LogP contribution is 2.09. The van der Waals surface area contributed by atoms with Gasteiger partial charge in [-0.1, -0.05) is 0 Å². The fourth-order valence-electron chi connectivity index (χ4n) is 1.46. The standard InChI is InChI=1S/C11H17N3O3/c1-4-14-7-9(8(2)12-14)11(17)13(3)6-5-10(15)16/h7H,4-6H2,1-3H3,(H,15,16). The lowest BCUT2D eigenvalue weighted by Gasteiger charge is -2.15. The molecular weight excluding hydrogens is 222 g/mol. The fourth-order valence-corrected chi connectivity index (χ4v) is 1.46. The molecule has 1 aromatic rings. The molecule has 1 heterocycles. The normalized spacial score (nSPS) is 10.3. The Hall–Kier alpha value is -1.85. The van der Waals surface area contributed by atoms with Crippen LogP contribution in [0.3, 0.4) is 0 Å². The van der Waals surface area contributed by atoms with Gasteiger partial charge in [0, 0.05) is 26.3 Å². The van der Waals surface area contributed by atoms with Crippen molar-refractivity contribution in [3.8, 4) is 0 Å². The molecule has 0 spiro atoms. The molecule has 1 rings (SSSR count). The first kappa shape index (κ1) is 13.2. The van der Waals surface area contributed by atoms with Gasteiger partial charge < -0.3 is 10.0 Å². The van der Waals surface area contributed by atoms with Gasteiger partial charge in [0.25, 0.3) is 5.91 Å². The van der Waals surface area contributed by atoms with E-state index in [4.69, 9.17) is 5.11 Å². The van der Waals surface area contributed by atoms with Crippen LogP contribution < -0.4 is 0 Å². The van der Waals surface area contributed by atoms with Crippen molar-refractivity contribution in [2.75, 3.05) is 13.6 Å². The second kappa shape index (κ2) is 5.47. The largest absolute Gasteiger partial charge is 0.481 e. The summed E-state index contributed by atoms with van der Waals surface area (Å²) in [5, 5.41) is 12.7. The first-order chi connectivity index (χ1) is 7.95. The van der Waals surface area contributed by atoms with E-state index in [1.54, 1.807) is 24.9 Å². The van der Waals surface area contributed by atoms with Crippen LogP contribution in [0.1, 0.15) is 29.4 Å². The van der Waals surface area contributed by atoms with Crippen LogP contribution in [0, 0.1) is 6.92 Å². The monoisotopic (exact) mass is 239 g/mol. The molecular formula is C11H17N3O3. The summed E-state index contributed by atoms with van der Waals surface area (Å²) in [7, 11) is 1.59. The molecule has 0 aliphatic heterocycles. The van der Waals surface area contributed by atoms with Crippen LogP contribution in [0.2, 0.25) is 0 Å². The molecule has 0 radical (unpaired) electrons. The summed E-state index contributed by atoms with van der Waals surface area (Å²) in [6, 6.07) is 0. The highest BCUT2D eigenvalue weighted by molar-refractivity contribution is 5.95. The van der Waals surface area contributed by atoms with Crippen molar-refractivity contribution in [2.45, 2.75) is 26.8 Å². The van der Waals surface area contributed by atoms with Crippen LogP contribution in [0.4, 0.5) is 0 Å². The minimum Gasteiger partial charge on any atom is -0.481 e. The van der Waals surface area contributed by atoms with E-state index in [1.807, 2.05) is 6.92 Å². The number of carboxylic acids is 1. The van der Waals surface area contributed by atoms with Crippen molar-refractivity contribution in [1.29, 1.82) is 0 Å². The van der Waals surface area contributed by atoms with E-state index in [1.165, 1.54) is 4.90 Å². The second-order valence-electron chi connectivity index (χ2n) is 3.85. The molecule has 1 aromatic heterocycles. The van der Waals surface area contributed by atoms with Gasteiger partial charge in [0.1, 0.15) is 0 Å². The Balaban J connectivity index is 2.74. The Morgan fingerprint density at radius 3 is 2.65 bits per heavy atom. The Kier molecular flexibility index (Phi) is 4.25. The van der Waals surface area contributed by atoms with Gasteiger partial charge in [-0.15, -0.1) is 0 Å². The van der Waals surface area contributed by atoms with E-state index in [2.05, 4.69) is 5.10 Å². The van der Waals surface area contributed by atoms with Gasteiger partial charge in [0.15, 0.2) is 0 Å².